The summed E-state index contributed by atoms with van der Waals surface area (Å²) in [6, 6.07) is 0. The van der Waals surface area contributed by atoms with Crippen molar-refractivity contribution < 1.29 is 9.26 Å². The van der Waals surface area contributed by atoms with E-state index in [1.807, 2.05) is 6.92 Å². The lowest BCUT2D eigenvalue weighted by atomic mass is 9.94. The molecule has 2 atom stereocenters. The smallest absolute Gasteiger partial charge is 0.227 e. The highest BCUT2D eigenvalue weighted by atomic mass is 16.5. The zero-order valence-corrected chi connectivity index (χ0v) is 12.6. The predicted octanol–water partition coefficient (Wildman–Crippen LogP) is 2.72. The molecule has 1 aromatic heterocycles. The van der Waals surface area contributed by atoms with Gasteiger partial charge >= 0.3 is 0 Å². The van der Waals surface area contributed by atoms with Gasteiger partial charge in [0.2, 0.25) is 11.7 Å². The van der Waals surface area contributed by atoms with Crippen LogP contribution in [0.2, 0.25) is 0 Å². The second kappa shape index (κ2) is 8.27. The van der Waals surface area contributed by atoms with E-state index in [9.17, 15) is 0 Å². The summed E-state index contributed by atoms with van der Waals surface area (Å²) in [6.07, 6.45) is 2.61. The Hall–Kier alpha value is -0.940. The minimum absolute atomic E-state index is 0.0658. The lowest BCUT2D eigenvalue weighted by Crippen LogP contribution is -2.19. The van der Waals surface area contributed by atoms with Crippen LogP contribution in [0.15, 0.2) is 4.52 Å². The first-order valence-corrected chi connectivity index (χ1v) is 7.24. The molecule has 0 saturated carbocycles. The topological polar surface area (TPSA) is 74.2 Å². The summed E-state index contributed by atoms with van der Waals surface area (Å²) in [4.78, 5) is 4.44. The number of nitrogens with two attached hydrogens (primary N) is 1. The van der Waals surface area contributed by atoms with Gasteiger partial charge in [-0.05, 0) is 38.1 Å². The quantitative estimate of drug-likeness (QED) is 0.746. The molecule has 0 aliphatic carbocycles. The highest BCUT2D eigenvalue weighted by molar-refractivity contribution is 4.92. The third-order valence-electron chi connectivity index (χ3n) is 3.11. The maximum Gasteiger partial charge on any atom is 0.227 e. The van der Waals surface area contributed by atoms with E-state index in [-0.39, 0.29) is 6.10 Å². The highest BCUT2D eigenvalue weighted by Crippen LogP contribution is 2.20. The number of hydrogen-bond donors (Lipinski definition) is 1. The first-order chi connectivity index (χ1) is 9.10. The Labute approximate surface area is 115 Å². The number of hydrogen-bond acceptors (Lipinski definition) is 5. The van der Waals surface area contributed by atoms with Gasteiger partial charge in [-0.15, -0.1) is 0 Å². The van der Waals surface area contributed by atoms with Crippen LogP contribution >= 0.6 is 0 Å². The molecule has 0 amide bonds. The third-order valence-corrected chi connectivity index (χ3v) is 3.11. The Kier molecular flexibility index (Phi) is 7.02. The van der Waals surface area contributed by atoms with Gasteiger partial charge in [0.05, 0.1) is 0 Å². The van der Waals surface area contributed by atoms with Crippen LogP contribution < -0.4 is 5.73 Å². The maximum absolute atomic E-state index is 5.79. The standard InChI is InChI=1S/C14H27N3O2/c1-5-12(18-6-2)14-16-13(19-17-14)8-11(9-15)7-10(3)4/h10-12H,5-9,15H2,1-4H3. The van der Waals surface area contributed by atoms with Crippen LogP contribution in [0.25, 0.3) is 0 Å². The van der Waals surface area contributed by atoms with Crippen molar-refractivity contribution in [2.45, 2.75) is 53.1 Å². The van der Waals surface area contributed by atoms with Crippen LogP contribution in [0.1, 0.15) is 58.4 Å². The molecule has 1 rings (SSSR count). The Balaban J connectivity index is 2.62. The molecular weight excluding hydrogens is 242 g/mol. The van der Waals surface area contributed by atoms with E-state index in [0.717, 1.165) is 19.3 Å². The van der Waals surface area contributed by atoms with Crippen LogP contribution in [-0.4, -0.2) is 23.3 Å². The Bertz CT molecular complexity index is 352. The van der Waals surface area contributed by atoms with Crippen molar-refractivity contribution in [1.82, 2.24) is 10.1 Å². The first-order valence-electron chi connectivity index (χ1n) is 7.24. The second-order valence-electron chi connectivity index (χ2n) is 5.33. The maximum atomic E-state index is 5.79. The summed E-state index contributed by atoms with van der Waals surface area (Å²) < 4.78 is 10.9. The van der Waals surface area contributed by atoms with Crippen LogP contribution in [0.5, 0.6) is 0 Å². The summed E-state index contributed by atoms with van der Waals surface area (Å²) in [6.45, 7) is 9.72. The number of ether oxygens (including phenoxy) is 1. The fourth-order valence-electron chi connectivity index (χ4n) is 2.23. The Morgan fingerprint density at radius 1 is 1.32 bits per heavy atom. The van der Waals surface area contributed by atoms with E-state index in [1.165, 1.54) is 0 Å². The lowest BCUT2D eigenvalue weighted by Gasteiger charge is -2.14. The zero-order chi connectivity index (χ0) is 14.3. The molecule has 0 saturated heterocycles. The summed E-state index contributed by atoms with van der Waals surface area (Å²) in [7, 11) is 0. The molecule has 0 bridgehead atoms. The van der Waals surface area contributed by atoms with Gasteiger partial charge in [-0.3, -0.25) is 0 Å². The fraction of sp³-hybridized carbons (Fsp3) is 0.857. The second-order valence-corrected chi connectivity index (χ2v) is 5.33. The van der Waals surface area contributed by atoms with Gasteiger partial charge in [0.15, 0.2) is 0 Å². The van der Waals surface area contributed by atoms with E-state index in [1.54, 1.807) is 0 Å². The van der Waals surface area contributed by atoms with Crippen molar-refractivity contribution in [3.63, 3.8) is 0 Å². The molecule has 2 unspecified atom stereocenters. The molecule has 1 heterocycles. The summed E-state index contributed by atoms with van der Waals surface area (Å²) >= 11 is 0. The number of nitrogens with zero attached hydrogens (tertiary/aromatic N) is 2. The fourth-order valence-corrected chi connectivity index (χ4v) is 2.23. The normalized spacial score (nSPS) is 14.8. The largest absolute Gasteiger partial charge is 0.370 e. The molecule has 5 heteroatoms. The molecule has 19 heavy (non-hydrogen) atoms. The molecule has 0 aliphatic rings. The Morgan fingerprint density at radius 2 is 2.05 bits per heavy atom. The number of rotatable bonds is 9. The van der Waals surface area contributed by atoms with Crippen molar-refractivity contribution in [3.8, 4) is 0 Å². The molecule has 110 valence electrons. The van der Waals surface area contributed by atoms with E-state index < -0.39 is 0 Å². The molecule has 1 aromatic rings. The predicted molar refractivity (Wildman–Crippen MR) is 74.7 cm³/mol. The molecule has 0 radical (unpaired) electrons. The average Bonchev–Trinajstić information content (AvgIpc) is 2.82. The van der Waals surface area contributed by atoms with Gasteiger partial charge in [-0.2, -0.15) is 4.98 Å². The van der Waals surface area contributed by atoms with Gasteiger partial charge in [0.1, 0.15) is 6.10 Å². The molecule has 0 fully saturated rings. The average molecular weight is 269 g/mol. The molecule has 2 N–H and O–H groups in total. The van der Waals surface area contributed by atoms with Crippen LogP contribution in [0, 0.1) is 11.8 Å². The van der Waals surface area contributed by atoms with Gasteiger partial charge in [-0.25, -0.2) is 0 Å². The van der Waals surface area contributed by atoms with Crippen molar-refractivity contribution in [2.24, 2.45) is 17.6 Å². The molecule has 0 aromatic carbocycles. The van der Waals surface area contributed by atoms with E-state index >= 15 is 0 Å². The molecule has 0 spiro atoms. The molecular formula is C14H27N3O2. The Morgan fingerprint density at radius 3 is 2.58 bits per heavy atom. The summed E-state index contributed by atoms with van der Waals surface area (Å²) in [5.74, 6) is 2.35. The van der Waals surface area contributed by atoms with Crippen LogP contribution in [0.4, 0.5) is 0 Å². The van der Waals surface area contributed by atoms with Crippen molar-refractivity contribution in [3.05, 3.63) is 11.7 Å². The monoisotopic (exact) mass is 269 g/mol. The minimum Gasteiger partial charge on any atom is -0.370 e. The van der Waals surface area contributed by atoms with Gasteiger partial charge in [0.25, 0.3) is 0 Å². The molecule has 0 aliphatic heterocycles. The number of aromatic nitrogens is 2. The SMILES string of the molecule is CCOC(CC)c1noc(CC(CN)CC(C)C)n1. The van der Waals surface area contributed by atoms with Crippen LogP contribution in [0.3, 0.4) is 0 Å². The van der Waals surface area contributed by atoms with E-state index in [4.69, 9.17) is 15.0 Å². The van der Waals surface area contributed by atoms with Gasteiger partial charge < -0.3 is 15.0 Å². The lowest BCUT2D eigenvalue weighted by molar-refractivity contribution is 0.0518. The van der Waals surface area contributed by atoms with Crippen molar-refractivity contribution in [1.29, 1.82) is 0 Å². The highest BCUT2D eigenvalue weighted by Gasteiger charge is 2.19. The van der Waals surface area contributed by atoms with Crippen molar-refractivity contribution in [2.75, 3.05) is 13.2 Å². The third kappa shape index (κ3) is 5.28. The van der Waals surface area contributed by atoms with E-state index in [2.05, 4.69) is 30.9 Å². The van der Waals surface area contributed by atoms with Crippen molar-refractivity contribution >= 4 is 0 Å². The summed E-state index contributed by atoms with van der Waals surface area (Å²) in [5, 5.41) is 4.02. The summed E-state index contributed by atoms with van der Waals surface area (Å²) in [5.41, 5.74) is 5.79. The van der Waals surface area contributed by atoms with Gasteiger partial charge in [-0.1, -0.05) is 25.9 Å². The van der Waals surface area contributed by atoms with Gasteiger partial charge in [0, 0.05) is 13.0 Å². The van der Waals surface area contributed by atoms with Crippen LogP contribution in [-0.2, 0) is 11.2 Å². The van der Waals surface area contributed by atoms with E-state index in [0.29, 0.717) is 36.7 Å². The molecule has 5 nitrogen and oxygen atoms in total. The minimum atomic E-state index is -0.0658. The zero-order valence-electron chi connectivity index (χ0n) is 12.6. The first kappa shape index (κ1) is 16.1.